The van der Waals surface area contributed by atoms with Crippen molar-refractivity contribution in [1.29, 1.82) is 0 Å². The van der Waals surface area contributed by atoms with Gasteiger partial charge in [-0.1, -0.05) is 12.5 Å². The second-order valence-corrected chi connectivity index (χ2v) is 9.21. The lowest BCUT2D eigenvalue weighted by molar-refractivity contribution is -0.286. The summed E-state index contributed by atoms with van der Waals surface area (Å²) >= 11 is 0. The highest BCUT2D eigenvalue weighted by Gasteiger charge is 2.52. The zero-order chi connectivity index (χ0) is 22.8. The second-order valence-electron chi connectivity index (χ2n) is 9.21. The number of anilines is 1. The molecule has 6 nitrogen and oxygen atoms in total. The fraction of sp³-hybridized carbons (Fsp3) is 0.400. The minimum absolute atomic E-state index is 0.0277. The minimum Gasteiger partial charge on any atom is -0.395 e. The molecule has 3 aliphatic rings. The van der Waals surface area contributed by atoms with Crippen molar-refractivity contribution in [1.82, 2.24) is 4.57 Å². The number of fused-ring (bicyclic) bond motifs is 2. The molecule has 1 aromatic heterocycles. The molecule has 2 aliphatic carbocycles. The van der Waals surface area contributed by atoms with E-state index in [0.29, 0.717) is 36.6 Å². The fourth-order valence-electron chi connectivity index (χ4n) is 5.03. The van der Waals surface area contributed by atoms with Crippen LogP contribution < -0.4 is 14.8 Å². The fourth-order valence-corrected chi connectivity index (χ4v) is 5.03. The summed E-state index contributed by atoms with van der Waals surface area (Å²) in [5.41, 5.74) is 2.85. The Morgan fingerprint density at radius 3 is 2.58 bits per heavy atom. The van der Waals surface area contributed by atoms with Gasteiger partial charge in [0, 0.05) is 28.8 Å². The van der Waals surface area contributed by atoms with Gasteiger partial charge in [0.25, 0.3) is 0 Å². The van der Waals surface area contributed by atoms with Crippen molar-refractivity contribution in [2.24, 2.45) is 0 Å². The summed E-state index contributed by atoms with van der Waals surface area (Å²) in [6.07, 6.45) is 1.14. The van der Waals surface area contributed by atoms with Crippen molar-refractivity contribution in [2.45, 2.75) is 56.3 Å². The van der Waals surface area contributed by atoms with E-state index in [9.17, 15) is 18.7 Å². The highest BCUT2D eigenvalue weighted by atomic mass is 19.3. The summed E-state index contributed by atoms with van der Waals surface area (Å²) in [4.78, 5) is 13.2. The number of hydrogen-bond acceptors (Lipinski definition) is 4. The van der Waals surface area contributed by atoms with E-state index in [2.05, 4.69) is 25.4 Å². The van der Waals surface area contributed by atoms with Crippen molar-refractivity contribution in [2.75, 3.05) is 11.9 Å². The van der Waals surface area contributed by atoms with E-state index in [-0.39, 0.29) is 24.0 Å². The van der Waals surface area contributed by atoms with Crippen molar-refractivity contribution < 1.29 is 28.2 Å². The summed E-state index contributed by atoms with van der Waals surface area (Å²) in [6.45, 7) is 0.624. The quantitative estimate of drug-likeness (QED) is 0.556. The molecule has 3 aromatic rings. The number of nitrogens with one attached hydrogen (secondary N) is 1. The van der Waals surface area contributed by atoms with Gasteiger partial charge in [-0.2, -0.15) is 0 Å². The summed E-state index contributed by atoms with van der Waals surface area (Å²) in [7, 11) is 0. The molecule has 2 heterocycles. The topological polar surface area (TPSA) is 72.7 Å². The van der Waals surface area contributed by atoms with Gasteiger partial charge in [0.2, 0.25) is 5.91 Å². The number of carbonyl (C=O) groups is 1. The first-order valence-electron chi connectivity index (χ1n) is 11.3. The molecule has 2 fully saturated rings. The van der Waals surface area contributed by atoms with Crippen LogP contribution in [0.15, 0.2) is 42.5 Å². The van der Waals surface area contributed by atoms with Crippen LogP contribution in [-0.2, 0) is 16.8 Å². The smallest absolute Gasteiger partial charge is 0.395 e. The zero-order valence-corrected chi connectivity index (χ0v) is 17.9. The van der Waals surface area contributed by atoms with Gasteiger partial charge in [0.1, 0.15) is 0 Å². The number of nitrogens with zero attached hydrogens (tertiary/aromatic N) is 1. The van der Waals surface area contributed by atoms with Crippen molar-refractivity contribution >= 4 is 22.5 Å². The predicted octanol–water partition coefficient (Wildman–Crippen LogP) is 4.89. The number of aromatic nitrogens is 1. The van der Waals surface area contributed by atoms with E-state index in [1.54, 1.807) is 6.07 Å². The van der Waals surface area contributed by atoms with Gasteiger partial charge in [-0.25, -0.2) is 0 Å². The van der Waals surface area contributed by atoms with Crippen LogP contribution in [-0.4, -0.2) is 28.5 Å². The van der Waals surface area contributed by atoms with Crippen LogP contribution in [0.2, 0.25) is 0 Å². The van der Waals surface area contributed by atoms with Crippen molar-refractivity contribution in [3.05, 3.63) is 53.7 Å². The minimum atomic E-state index is -3.68. The van der Waals surface area contributed by atoms with Gasteiger partial charge in [0.15, 0.2) is 11.5 Å². The second kappa shape index (κ2) is 7.18. The lowest BCUT2D eigenvalue weighted by Crippen LogP contribution is -2.27. The first-order valence-corrected chi connectivity index (χ1v) is 11.3. The summed E-state index contributed by atoms with van der Waals surface area (Å²) < 4.78 is 37.9. The number of benzene rings is 2. The number of hydrogen-bond donors (Lipinski definition) is 2. The normalized spacial score (nSPS) is 20.0. The molecule has 2 saturated carbocycles. The number of alkyl halides is 2. The Morgan fingerprint density at radius 2 is 1.88 bits per heavy atom. The van der Waals surface area contributed by atoms with Crippen molar-refractivity contribution in [3.63, 3.8) is 0 Å². The van der Waals surface area contributed by atoms with E-state index >= 15 is 0 Å². The third-order valence-corrected chi connectivity index (χ3v) is 7.18. The maximum Gasteiger partial charge on any atom is 0.586 e. The predicted molar refractivity (Wildman–Crippen MR) is 118 cm³/mol. The first-order chi connectivity index (χ1) is 15.9. The van der Waals surface area contributed by atoms with E-state index in [1.807, 2.05) is 18.2 Å². The van der Waals surface area contributed by atoms with Gasteiger partial charge in [-0.05, 0) is 73.6 Å². The molecule has 2 N–H and O–H groups in total. The first kappa shape index (κ1) is 20.5. The summed E-state index contributed by atoms with van der Waals surface area (Å²) in [5.74, 6) is 0.281. The van der Waals surface area contributed by atoms with Crippen LogP contribution in [0, 0.1) is 0 Å². The average molecular weight is 454 g/mol. The molecule has 1 aliphatic heterocycles. The van der Waals surface area contributed by atoms with Gasteiger partial charge in [0.05, 0.1) is 12.0 Å². The maximum atomic E-state index is 13.4. The molecular formula is C25H24F2N2O4. The largest absolute Gasteiger partial charge is 0.586 e. The molecule has 0 unspecified atom stereocenters. The summed E-state index contributed by atoms with van der Waals surface area (Å²) in [5, 5.41) is 13.6. The monoisotopic (exact) mass is 454 g/mol. The molecular weight excluding hydrogens is 430 g/mol. The molecule has 172 valence electrons. The molecule has 2 aromatic carbocycles. The Kier molecular flexibility index (Phi) is 4.46. The number of aliphatic hydroxyl groups excluding tert-OH is 1. The molecule has 0 spiro atoms. The molecule has 0 radical (unpaired) electrons. The molecule has 1 amide bonds. The van der Waals surface area contributed by atoms with Gasteiger partial charge >= 0.3 is 6.29 Å². The molecule has 6 rings (SSSR count). The Balaban J connectivity index is 1.26. The molecule has 33 heavy (non-hydrogen) atoms. The van der Waals surface area contributed by atoms with E-state index < -0.39 is 11.7 Å². The Hall–Kier alpha value is -3.13. The molecule has 8 heteroatoms. The highest BCUT2D eigenvalue weighted by molar-refractivity contribution is 6.02. The van der Waals surface area contributed by atoms with Crippen LogP contribution >= 0.6 is 0 Å². The Labute approximate surface area is 189 Å². The molecule has 0 bridgehead atoms. The number of aliphatic hydroxyl groups is 1. The van der Waals surface area contributed by atoms with E-state index in [4.69, 9.17) is 0 Å². The Morgan fingerprint density at radius 1 is 1.09 bits per heavy atom. The number of ether oxygens (including phenoxy) is 2. The van der Waals surface area contributed by atoms with E-state index in [1.165, 1.54) is 24.2 Å². The lowest BCUT2D eigenvalue weighted by Gasteiger charge is -2.27. The molecule has 0 atom stereocenters. The highest BCUT2D eigenvalue weighted by Crippen LogP contribution is 2.52. The van der Waals surface area contributed by atoms with Crippen LogP contribution in [0.1, 0.15) is 49.3 Å². The zero-order valence-electron chi connectivity index (χ0n) is 17.9. The number of amides is 1. The van der Waals surface area contributed by atoms with Crippen LogP contribution in [0.3, 0.4) is 0 Å². The molecule has 0 saturated heterocycles. The van der Waals surface area contributed by atoms with E-state index in [0.717, 1.165) is 23.7 Å². The van der Waals surface area contributed by atoms with Gasteiger partial charge in [-0.3, -0.25) is 4.79 Å². The number of halogens is 2. The third kappa shape index (κ3) is 3.35. The standard InChI is InChI=1S/C25H24F2N2O4/c26-25(27)32-21-7-4-17(14-22(21)33-25)24(8-9-24)23(31)28-18-5-6-19-16(12-18)13-20(15-2-1-3-15)29(19)10-11-30/h4-7,12-15,30H,1-3,8-11H2,(H,28,31). The third-order valence-electron chi connectivity index (χ3n) is 7.18. The van der Waals surface area contributed by atoms with Gasteiger partial charge < -0.3 is 24.5 Å². The van der Waals surface area contributed by atoms with Crippen LogP contribution in [0.5, 0.6) is 11.5 Å². The number of carbonyl (C=O) groups excluding carboxylic acids is 1. The van der Waals surface area contributed by atoms with Crippen LogP contribution in [0.25, 0.3) is 10.9 Å². The SMILES string of the molecule is O=C(Nc1ccc2c(c1)cc(C1CCC1)n2CCO)C1(c2ccc3c(c2)OC(F)(F)O3)CC1. The van der Waals surface area contributed by atoms with Crippen molar-refractivity contribution in [3.8, 4) is 11.5 Å². The van der Waals surface area contributed by atoms with Gasteiger partial charge in [-0.15, -0.1) is 8.78 Å². The lowest BCUT2D eigenvalue weighted by atomic mass is 9.83. The Bertz CT molecular complexity index is 1260. The maximum absolute atomic E-state index is 13.4. The number of rotatable bonds is 6. The average Bonchev–Trinajstić information content (AvgIpc) is 3.39. The van der Waals surface area contributed by atoms with Crippen LogP contribution in [0.4, 0.5) is 14.5 Å². The summed E-state index contributed by atoms with van der Waals surface area (Å²) in [6, 6.07) is 12.5.